The second kappa shape index (κ2) is 14.0. The lowest BCUT2D eigenvalue weighted by Crippen LogP contribution is -2.59. The van der Waals surface area contributed by atoms with E-state index in [-0.39, 0.29) is 30.1 Å². The average Bonchev–Trinajstić information content (AvgIpc) is 3.48. The molecule has 0 radical (unpaired) electrons. The Morgan fingerprint density at radius 1 is 1.12 bits per heavy atom. The largest absolute Gasteiger partial charge is 0.494 e. The number of carbonyl (C=O) groups is 3. The molecule has 43 heavy (non-hydrogen) atoms. The number of nitrogens with one attached hydrogen (secondary N) is 3. The number of fused-ring (bicyclic) bond motifs is 1. The van der Waals surface area contributed by atoms with E-state index in [1.807, 2.05) is 63.1 Å². The van der Waals surface area contributed by atoms with Gasteiger partial charge in [0.25, 0.3) is 0 Å². The lowest BCUT2D eigenvalue weighted by atomic mass is 9.85. The Labute approximate surface area is 259 Å². The summed E-state index contributed by atoms with van der Waals surface area (Å²) in [6.45, 7) is 7.86. The van der Waals surface area contributed by atoms with Gasteiger partial charge in [-0.3, -0.25) is 14.4 Å². The Bertz CT molecular complexity index is 1450. The molecule has 2 heterocycles. The molecule has 0 aliphatic carbocycles. The summed E-state index contributed by atoms with van der Waals surface area (Å²) in [5.41, 5.74) is 1.50. The lowest BCUT2D eigenvalue weighted by molar-refractivity contribution is -0.143. The fourth-order valence-corrected chi connectivity index (χ4v) is 5.11. The normalized spacial score (nSPS) is 16.2. The lowest BCUT2D eigenvalue weighted by Gasteiger charge is -2.36. The number of hydrogen-bond acceptors (Lipinski definition) is 8. The van der Waals surface area contributed by atoms with E-state index in [2.05, 4.69) is 25.9 Å². The molecule has 0 spiro atoms. The van der Waals surface area contributed by atoms with Gasteiger partial charge in [-0.15, -0.1) is 12.4 Å². The molecule has 0 bridgehead atoms. The summed E-state index contributed by atoms with van der Waals surface area (Å²) in [5.74, 6) is 0.241. The molecule has 0 saturated carbocycles. The van der Waals surface area contributed by atoms with E-state index < -0.39 is 23.5 Å². The number of ether oxygens (including phenoxy) is 1. The number of hydrogen-bond donors (Lipinski definition) is 3. The summed E-state index contributed by atoms with van der Waals surface area (Å²) in [7, 11) is 5.14. The van der Waals surface area contributed by atoms with Crippen molar-refractivity contribution in [3.63, 3.8) is 0 Å². The third-order valence-corrected chi connectivity index (χ3v) is 7.72. The van der Waals surface area contributed by atoms with E-state index in [1.165, 1.54) is 13.4 Å². The molecule has 2 aromatic carbocycles. The first-order valence-corrected chi connectivity index (χ1v) is 14.2. The van der Waals surface area contributed by atoms with Crippen LogP contribution >= 0.6 is 12.4 Å². The van der Waals surface area contributed by atoms with Crippen molar-refractivity contribution in [1.82, 2.24) is 25.5 Å². The third kappa shape index (κ3) is 7.34. The quantitative estimate of drug-likeness (QED) is 0.332. The molecule has 11 nitrogen and oxygen atoms in total. The predicted octanol–water partition coefficient (Wildman–Crippen LogP) is 3.90. The van der Waals surface area contributed by atoms with Crippen molar-refractivity contribution in [3.05, 3.63) is 48.8 Å². The average molecular weight is 612 g/mol. The fraction of sp³-hybridized carbons (Fsp3) is 0.452. The molecule has 1 aliphatic heterocycles. The van der Waals surface area contributed by atoms with Crippen molar-refractivity contribution in [2.45, 2.75) is 58.7 Å². The van der Waals surface area contributed by atoms with Gasteiger partial charge >= 0.3 is 0 Å². The Morgan fingerprint density at radius 3 is 2.44 bits per heavy atom. The van der Waals surface area contributed by atoms with Gasteiger partial charge in [0.1, 0.15) is 30.0 Å². The molecule has 3 amide bonds. The smallest absolute Gasteiger partial charge is 0.247 e. The maximum atomic E-state index is 13.8. The first-order chi connectivity index (χ1) is 20.0. The summed E-state index contributed by atoms with van der Waals surface area (Å²) in [4.78, 5) is 52.7. The van der Waals surface area contributed by atoms with Gasteiger partial charge < -0.3 is 30.5 Å². The van der Waals surface area contributed by atoms with E-state index in [0.717, 1.165) is 11.1 Å². The van der Waals surface area contributed by atoms with Crippen molar-refractivity contribution in [3.8, 4) is 5.75 Å². The topological polar surface area (TPSA) is 129 Å². The zero-order valence-corrected chi connectivity index (χ0v) is 26.6. The minimum Gasteiger partial charge on any atom is -0.494 e. The van der Waals surface area contributed by atoms with Gasteiger partial charge in [0.05, 0.1) is 24.4 Å². The van der Waals surface area contributed by atoms with Crippen LogP contribution in [0.15, 0.2) is 48.8 Å². The second-order valence-corrected chi connectivity index (χ2v) is 11.7. The van der Waals surface area contributed by atoms with Crippen LogP contribution in [0, 0.1) is 5.41 Å². The molecule has 0 unspecified atom stereocenters. The molecular formula is C31H42ClN7O4. The highest BCUT2D eigenvalue weighted by atomic mass is 35.5. The monoisotopic (exact) mass is 611 g/mol. The van der Waals surface area contributed by atoms with Crippen molar-refractivity contribution < 1.29 is 19.1 Å². The Balaban J connectivity index is 0.00000506. The number of nitrogens with zero attached hydrogens (tertiary/aromatic N) is 4. The number of para-hydroxylation sites is 1. The van der Waals surface area contributed by atoms with Crippen LogP contribution in [0.3, 0.4) is 0 Å². The maximum absolute atomic E-state index is 13.8. The number of anilines is 3. The van der Waals surface area contributed by atoms with Gasteiger partial charge in [0, 0.05) is 30.7 Å². The minimum atomic E-state index is -0.794. The van der Waals surface area contributed by atoms with Crippen LogP contribution in [0.25, 0.3) is 10.9 Å². The number of likely N-dealkylation sites (N-methyl/N-ethyl adjacent to an activating group) is 1. The van der Waals surface area contributed by atoms with Crippen molar-refractivity contribution >= 4 is 58.2 Å². The number of likely N-dealkylation sites (tertiary alicyclic amines) is 1. The predicted molar refractivity (Wildman–Crippen MR) is 171 cm³/mol. The van der Waals surface area contributed by atoms with E-state index >= 15 is 0 Å². The zero-order valence-electron chi connectivity index (χ0n) is 25.8. The molecule has 3 N–H and O–H groups in total. The number of benzene rings is 2. The van der Waals surface area contributed by atoms with Crippen LogP contribution in [0.4, 0.5) is 17.2 Å². The second-order valence-electron chi connectivity index (χ2n) is 11.7. The summed E-state index contributed by atoms with van der Waals surface area (Å²) in [5, 5.41) is 9.54. The number of rotatable bonds is 9. The highest BCUT2D eigenvalue weighted by Gasteiger charge is 2.42. The van der Waals surface area contributed by atoms with Crippen molar-refractivity contribution in [2.24, 2.45) is 5.41 Å². The first-order valence-electron chi connectivity index (χ1n) is 14.2. The van der Waals surface area contributed by atoms with Gasteiger partial charge in [0.15, 0.2) is 0 Å². The number of amides is 3. The van der Waals surface area contributed by atoms with E-state index in [4.69, 9.17) is 4.74 Å². The summed E-state index contributed by atoms with van der Waals surface area (Å²) < 4.78 is 5.61. The minimum absolute atomic E-state index is 0. The SMILES string of the molecule is CN[C@@H](C)C(=O)N[C@H](C(=O)N1CCC[C@H]1C(=O)Nc1cc2c(N(C)c3ccccc3)ncnc2cc1OC)C(C)(C)C.Cl. The van der Waals surface area contributed by atoms with Crippen molar-refractivity contribution in [2.75, 3.05) is 38.0 Å². The van der Waals surface area contributed by atoms with E-state index in [0.29, 0.717) is 42.2 Å². The molecule has 232 valence electrons. The van der Waals surface area contributed by atoms with E-state index in [1.54, 1.807) is 31.0 Å². The van der Waals surface area contributed by atoms with Crippen LogP contribution in [-0.2, 0) is 14.4 Å². The Hall–Kier alpha value is -3.96. The van der Waals surface area contributed by atoms with Crippen LogP contribution < -0.4 is 25.6 Å². The maximum Gasteiger partial charge on any atom is 0.247 e. The fourth-order valence-electron chi connectivity index (χ4n) is 5.11. The molecule has 3 atom stereocenters. The van der Waals surface area contributed by atoms with Gasteiger partial charge in [-0.2, -0.15) is 0 Å². The summed E-state index contributed by atoms with van der Waals surface area (Å²) >= 11 is 0. The molecule has 12 heteroatoms. The highest BCUT2D eigenvalue weighted by molar-refractivity contribution is 6.03. The Morgan fingerprint density at radius 2 is 1.81 bits per heavy atom. The standard InChI is InChI=1S/C31H41N7O4.ClH/c1-19(32-5)28(39)36-26(31(2,3)4)30(41)38-15-11-14-24(38)29(40)35-23-16-21-22(17-25(23)42-7)33-18-34-27(21)37(6)20-12-9-8-10-13-20;/h8-10,12-13,16-19,24,26,32H,11,14-15H2,1-7H3,(H,35,40)(H,36,39);1H/t19-,24-,26+;/m0./s1. The number of aromatic nitrogens is 2. The molecule has 1 saturated heterocycles. The zero-order chi connectivity index (χ0) is 30.6. The number of carbonyl (C=O) groups excluding carboxylic acids is 3. The third-order valence-electron chi connectivity index (χ3n) is 7.72. The van der Waals surface area contributed by atoms with Gasteiger partial charge in [-0.1, -0.05) is 39.0 Å². The van der Waals surface area contributed by atoms with Crippen LogP contribution in [0.1, 0.15) is 40.5 Å². The molecule has 1 aromatic heterocycles. The molecular weight excluding hydrogens is 570 g/mol. The van der Waals surface area contributed by atoms with Gasteiger partial charge in [0.2, 0.25) is 17.7 Å². The highest BCUT2D eigenvalue weighted by Crippen LogP contribution is 2.36. The van der Waals surface area contributed by atoms with E-state index in [9.17, 15) is 14.4 Å². The molecule has 1 fully saturated rings. The number of halogens is 1. The Kier molecular flexibility index (Phi) is 10.9. The van der Waals surface area contributed by atoms with Gasteiger partial charge in [-0.05, 0) is 50.4 Å². The molecule has 3 aromatic rings. The first kappa shape index (κ1) is 33.5. The summed E-state index contributed by atoms with van der Waals surface area (Å²) in [6.07, 6.45) is 2.69. The van der Waals surface area contributed by atoms with Crippen LogP contribution in [0.2, 0.25) is 0 Å². The van der Waals surface area contributed by atoms with Gasteiger partial charge in [-0.25, -0.2) is 9.97 Å². The van der Waals surface area contributed by atoms with Crippen molar-refractivity contribution in [1.29, 1.82) is 0 Å². The number of methoxy groups -OCH3 is 1. The van der Waals surface area contributed by atoms with Crippen LogP contribution in [0.5, 0.6) is 5.75 Å². The summed E-state index contributed by atoms with van der Waals surface area (Å²) in [6, 6.07) is 11.4. The molecule has 1 aliphatic rings. The van der Waals surface area contributed by atoms with Crippen LogP contribution in [-0.4, -0.2) is 78.5 Å². The molecule has 4 rings (SSSR count).